The molecule has 2 aromatic rings. The lowest BCUT2D eigenvalue weighted by Gasteiger charge is -2.05. The third-order valence-corrected chi connectivity index (χ3v) is 3.10. The SMILES string of the molecule is C=C(C)Cn1c(C(=O)O)cc2ccsc21. The number of fused-ring (bicyclic) bond motifs is 1. The highest BCUT2D eigenvalue weighted by Gasteiger charge is 2.14. The largest absolute Gasteiger partial charge is 0.477 e. The van der Waals surface area contributed by atoms with E-state index in [1.165, 1.54) is 0 Å². The van der Waals surface area contributed by atoms with Crippen LogP contribution in [0.2, 0.25) is 0 Å². The van der Waals surface area contributed by atoms with Crippen molar-refractivity contribution in [2.24, 2.45) is 0 Å². The van der Waals surface area contributed by atoms with E-state index in [0.717, 1.165) is 15.8 Å². The Labute approximate surface area is 91.3 Å². The molecule has 0 spiro atoms. The third-order valence-electron chi connectivity index (χ3n) is 2.15. The zero-order valence-corrected chi connectivity index (χ0v) is 9.17. The number of rotatable bonds is 3. The zero-order chi connectivity index (χ0) is 11.0. The lowest BCUT2D eigenvalue weighted by molar-refractivity contribution is 0.0686. The molecular formula is C11H11NO2S. The van der Waals surface area contributed by atoms with E-state index >= 15 is 0 Å². The van der Waals surface area contributed by atoms with Crippen molar-refractivity contribution >= 4 is 27.5 Å². The van der Waals surface area contributed by atoms with Crippen molar-refractivity contribution in [1.29, 1.82) is 0 Å². The Hall–Kier alpha value is -1.55. The summed E-state index contributed by atoms with van der Waals surface area (Å²) in [6.45, 7) is 6.27. The van der Waals surface area contributed by atoms with Crippen molar-refractivity contribution in [2.75, 3.05) is 0 Å². The molecule has 1 N–H and O–H groups in total. The number of aromatic carboxylic acids is 1. The number of carboxylic acids is 1. The van der Waals surface area contributed by atoms with Crippen LogP contribution in [-0.2, 0) is 6.54 Å². The van der Waals surface area contributed by atoms with Gasteiger partial charge >= 0.3 is 5.97 Å². The molecule has 2 aromatic heterocycles. The van der Waals surface area contributed by atoms with Crippen LogP contribution in [0, 0.1) is 0 Å². The van der Waals surface area contributed by atoms with E-state index in [1.54, 1.807) is 22.0 Å². The summed E-state index contributed by atoms with van der Waals surface area (Å²) in [5.41, 5.74) is 1.28. The highest BCUT2D eigenvalue weighted by molar-refractivity contribution is 7.16. The van der Waals surface area contributed by atoms with E-state index in [9.17, 15) is 4.79 Å². The molecule has 0 atom stereocenters. The van der Waals surface area contributed by atoms with Gasteiger partial charge in [-0.05, 0) is 24.4 Å². The van der Waals surface area contributed by atoms with Gasteiger partial charge in [0.25, 0.3) is 0 Å². The Balaban J connectivity index is 2.63. The number of hydrogen-bond donors (Lipinski definition) is 1. The van der Waals surface area contributed by atoms with Crippen LogP contribution >= 0.6 is 11.3 Å². The summed E-state index contributed by atoms with van der Waals surface area (Å²) in [6, 6.07) is 3.64. The van der Waals surface area contributed by atoms with Gasteiger partial charge in [0.05, 0.1) is 0 Å². The van der Waals surface area contributed by atoms with E-state index in [1.807, 2.05) is 18.4 Å². The molecule has 4 heteroatoms. The molecule has 0 amide bonds. The number of carbonyl (C=O) groups is 1. The van der Waals surface area contributed by atoms with E-state index < -0.39 is 5.97 Å². The van der Waals surface area contributed by atoms with Crippen molar-refractivity contribution in [3.8, 4) is 0 Å². The molecule has 0 unspecified atom stereocenters. The van der Waals surface area contributed by atoms with Crippen LogP contribution in [0.5, 0.6) is 0 Å². The molecule has 0 bridgehead atoms. The van der Waals surface area contributed by atoms with Gasteiger partial charge in [-0.25, -0.2) is 4.79 Å². The molecule has 0 radical (unpaired) electrons. The molecule has 3 nitrogen and oxygen atoms in total. The van der Waals surface area contributed by atoms with Crippen molar-refractivity contribution in [3.63, 3.8) is 0 Å². The number of carboxylic acid groups (broad SMARTS) is 1. The average molecular weight is 221 g/mol. The number of allylic oxidation sites excluding steroid dienone is 1. The maximum atomic E-state index is 11.0. The molecule has 0 saturated carbocycles. The summed E-state index contributed by atoms with van der Waals surface area (Å²) in [7, 11) is 0. The molecular weight excluding hydrogens is 210 g/mol. The van der Waals surface area contributed by atoms with Gasteiger partial charge in [-0.2, -0.15) is 0 Å². The smallest absolute Gasteiger partial charge is 0.352 e. The highest BCUT2D eigenvalue weighted by atomic mass is 32.1. The summed E-state index contributed by atoms with van der Waals surface area (Å²) >= 11 is 1.55. The Morgan fingerprint density at radius 1 is 1.67 bits per heavy atom. The Morgan fingerprint density at radius 3 is 3.00 bits per heavy atom. The third kappa shape index (κ3) is 1.68. The van der Waals surface area contributed by atoms with Gasteiger partial charge in [-0.3, -0.25) is 0 Å². The second-order valence-electron chi connectivity index (χ2n) is 3.56. The predicted octanol–water partition coefficient (Wildman–Crippen LogP) is 2.98. The van der Waals surface area contributed by atoms with Crippen molar-refractivity contribution in [2.45, 2.75) is 13.5 Å². The summed E-state index contributed by atoms with van der Waals surface area (Å²) in [5.74, 6) is -0.889. The topological polar surface area (TPSA) is 42.2 Å². The van der Waals surface area contributed by atoms with Crippen LogP contribution in [0.4, 0.5) is 0 Å². The van der Waals surface area contributed by atoms with Gasteiger partial charge in [0, 0.05) is 11.9 Å². The van der Waals surface area contributed by atoms with Crippen molar-refractivity contribution in [3.05, 3.63) is 35.4 Å². The molecule has 0 aromatic carbocycles. The van der Waals surface area contributed by atoms with E-state index in [4.69, 9.17) is 5.11 Å². The summed E-state index contributed by atoms with van der Waals surface area (Å²) in [4.78, 5) is 12.0. The molecule has 0 aliphatic heterocycles. The number of nitrogens with zero attached hydrogens (tertiary/aromatic N) is 1. The highest BCUT2D eigenvalue weighted by Crippen LogP contribution is 2.26. The Morgan fingerprint density at radius 2 is 2.40 bits per heavy atom. The minimum absolute atomic E-state index is 0.333. The fourth-order valence-electron chi connectivity index (χ4n) is 1.58. The zero-order valence-electron chi connectivity index (χ0n) is 8.36. The van der Waals surface area contributed by atoms with Gasteiger partial charge in [0.15, 0.2) is 0 Å². The van der Waals surface area contributed by atoms with Gasteiger partial charge in [-0.15, -0.1) is 11.3 Å². The first-order valence-corrected chi connectivity index (χ1v) is 5.42. The first-order valence-electron chi connectivity index (χ1n) is 4.54. The fourth-order valence-corrected chi connectivity index (χ4v) is 2.48. The van der Waals surface area contributed by atoms with E-state index in [-0.39, 0.29) is 0 Å². The van der Waals surface area contributed by atoms with Gasteiger partial charge in [0.2, 0.25) is 0 Å². The van der Waals surface area contributed by atoms with Crippen LogP contribution in [0.3, 0.4) is 0 Å². The molecule has 2 rings (SSSR count). The van der Waals surface area contributed by atoms with Crippen molar-refractivity contribution in [1.82, 2.24) is 4.57 Å². The minimum Gasteiger partial charge on any atom is -0.477 e. The average Bonchev–Trinajstić information content (AvgIpc) is 2.66. The quantitative estimate of drug-likeness (QED) is 0.809. The molecule has 0 aliphatic rings. The second-order valence-corrected chi connectivity index (χ2v) is 4.45. The van der Waals surface area contributed by atoms with Crippen LogP contribution < -0.4 is 0 Å². The lowest BCUT2D eigenvalue weighted by atomic mass is 10.3. The molecule has 0 saturated heterocycles. The standard InChI is InChI=1S/C11H11NO2S/c1-7(2)6-12-9(11(13)14)5-8-3-4-15-10(8)12/h3-5H,1,6H2,2H3,(H,13,14). The second kappa shape index (κ2) is 3.55. The van der Waals surface area contributed by atoms with E-state index in [0.29, 0.717) is 12.2 Å². The lowest BCUT2D eigenvalue weighted by Crippen LogP contribution is -2.08. The Kier molecular flexibility index (Phi) is 2.36. The molecule has 2 heterocycles. The maximum absolute atomic E-state index is 11.0. The minimum atomic E-state index is -0.889. The normalized spacial score (nSPS) is 10.7. The van der Waals surface area contributed by atoms with E-state index in [2.05, 4.69) is 6.58 Å². The number of thiophene rings is 1. The molecule has 0 aliphatic carbocycles. The maximum Gasteiger partial charge on any atom is 0.352 e. The summed E-state index contributed by atoms with van der Waals surface area (Å²) in [5, 5.41) is 12.0. The first-order chi connectivity index (χ1) is 7.09. The van der Waals surface area contributed by atoms with Crippen molar-refractivity contribution < 1.29 is 9.90 Å². The molecule has 15 heavy (non-hydrogen) atoms. The predicted molar refractivity (Wildman–Crippen MR) is 61.6 cm³/mol. The van der Waals surface area contributed by atoms with Gasteiger partial charge in [-0.1, -0.05) is 12.2 Å². The van der Waals surface area contributed by atoms with Crippen LogP contribution in [-0.4, -0.2) is 15.6 Å². The number of hydrogen-bond acceptors (Lipinski definition) is 2. The van der Waals surface area contributed by atoms with Gasteiger partial charge < -0.3 is 9.67 Å². The van der Waals surface area contributed by atoms with Crippen LogP contribution in [0.25, 0.3) is 10.2 Å². The van der Waals surface area contributed by atoms with Crippen LogP contribution in [0.15, 0.2) is 29.7 Å². The fraction of sp³-hybridized carbons (Fsp3) is 0.182. The Bertz CT molecular complexity index is 536. The monoisotopic (exact) mass is 221 g/mol. The van der Waals surface area contributed by atoms with Crippen LogP contribution in [0.1, 0.15) is 17.4 Å². The summed E-state index contributed by atoms with van der Waals surface area (Å²) in [6.07, 6.45) is 0. The first kappa shape index (κ1) is 9.98. The number of aromatic nitrogens is 1. The molecule has 0 fully saturated rings. The summed E-state index contributed by atoms with van der Waals surface area (Å²) < 4.78 is 1.80. The van der Waals surface area contributed by atoms with Gasteiger partial charge in [0.1, 0.15) is 10.5 Å². The molecule has 78 valence electrons.